The molecule has 3 N–H and O–H groups in total. The fourth-order valence-corrected chi connectivity index (χ4v) is 2.62. The fourth-order valence-electron chi connectivity index (χ4n) is 2.62. The van der Waals surface area contributed by atoms with Gasteiger partial charge in [-0.2, -0.15) is 0 Å². The Bertz CT molecular complexity index is 504. The molecule has 23 heavy (non-hydrogen) atoms. The van der Waals surface area contributed by atoms with Crippen molar-refractivity contribution in [1.82, 2.24) is 4.90 Å². The van der Waals surface area contributed by atoms with Crippen LogP contribution in [-0.2, 0) is 16.1 Å². The number of carboxylic acids is 1. The Morgan fingerprint density at radius 1 is 1.26 bits per heavy atom. The first-order valence-corrected chi connectivity index (χ1v) is 7.50. The lowest BCUT2D eigenvalue weighted by Crippen LogP contribution is -2.41. The van der Waals surface area contributed by atoms with Crippen LogP contribution >= 0.6 is 12.4 Å². The van der Waals surface area contributed by atoms with Crippen molar-refractivity contribution >= 4 is 24.5 Å². The van der Waals surface area contributed by atoms with Crippen LogP contribution in [0.4, 0.5) is 4.79 Å². The molecule has 1 heterocycles. The van der Waals surface area contributed by atoms with Gasteiger partial charge in [-0.25, -0.2) is 4.79 Å². The monoisotopic (exact) mass is 342 g/mol. The van der Waals surface area contributed by atoms with E-state index in [9.17, 15) is 9.59 Å². The predicted octanol–water partition coefficient (Wildman–Crippen LogP) is 2.26. The molecule has 1 unspecified atom stereocenters. The zero-order chi connectivity index (χ0) is 15.9. The number of likely N-dealkylation sites (tertiary alicyclic amines) is 1. The molecule has 1 fully saturated rings. The number of carbonyl (C=O) groups is 2. The van der Waals surface area contributed by atoms with E-state index < -0.39 is 12.0 Å². The van der Waals surface area contributed by atoms with E-state index in [1.54, 1.807) is 4.90 Å². The molecule has 128 valence electrons. The third kappa shape index (κ3) is 6.08. The van der Waals surface area contributed by atoms with Gasteiger partial charge in [-0.1, -0.05) is 30.3 Å². The predicted molar refractivity (Wildman–Crippen MR) is 88.4 cm³/mol. The van der Waals surface area contributed by atoms with Gasteiger partial charge in [0.2, 0.25) is 0 Å². The van der Waals surface area contributed by atoms with Crippen LogP contribution in [0.2, 0.25) is 0 Å². The van der Waals surface area contributed by atoms with Gasteiger partial charge in [-0.15, -0.1) is 12.4 Å². The van der Waals surface area contributed by atoms with Gasteiger partial charge in [0.05, 0.1) is 0 Å². The van der Waals surface area contributed by atoms with Crippen molar-refractivity contribution in [1.29, 1.82) is 0 Å². The Morgan fingerprint density at radius 2 is 1.87 bits per heavy atom. The highest BCUT2D eigenvalue weighted by Crippen LogP contribution is 2.22. The van der Waals surface area contributed by atoms with Crippen LogP contribution in [0.25, 0.3) is 0 Å². The molecule has 6 nitrogen and oxygen atoms in total. The summed E-state index contributed by atoms with van der Waals surface area (Å²) < 4.78 is 5.29. The van der Waals surface area contributed by atoms with Crippen molar-refractivity contribution in [3.05, 3.63) is 35.9 Å². The van der Waals surface area contributed by atoms with Gasteiger partial charge in [0, 0.05) is 13.1 Å². The van der Waals surface area contributed by atoms with Gasteiger partial charge in [-0.05, 0) is 30.7 Å². The first-order chi connectivity index (χ1) is 10.6. The SMILES string of the molecule is Cl.NC(CC1CCN(C(=O)OCc2ccccc2)CC1)C(=O)O. The molecule has 1 aromatic rings. The highest BCUT2D eigenvalue weighted by Gasteiger charge is 2.26. The van der Waals surface area contributed by atoms with E-state index in [-0.39, 0.29) is 31.0 Å². The Morgan fingerprint density at radius 3 is 2.43 bits per heavy atom. The van der Waals surface area contributed by atoms with Crippen molar-refractivity contribution < 1.29 is 19.4 Å². The number of nitrogens with two attached hydrogens (primary N) is 1. The van der Waals surface area contributed by atoms with Crippen LogP contribution in [0.1, 0.15) is 24.8 Å². The minimum absolute atomic E-state index is 0. The van der Waals surface area contributed by atoms with Gasteiger partial charge in [0.25, 0.3) is 0 Å². The summed E-state index contributed by atoms with van der Waals surface area (Å²) in [5.41, 5.74) is 6.51. The van der Waals surface area contributed by atoms with E-state index in [0.29, 0.717) is 19.5 Å². The van der Waals surface area contributed by atoms with Crippen molar-refractivity contribution in [3.63, 3.8) is 0 Å². The molecule has 0 aromatic heterocycles. The lowest BCUT2D eigenvalue weighted by Gasteiger charge is -2.31. The number of hydrogen-bond donors (Lipinski definition) is 2. The Labute approximate surface area is 142 Å². The number of piperidine rings is 1. The summed E-state index contributed by atoms with van der Waals surface area (Å²) in [4.78, 5) is 24.4. The number of nitrogens with zero attached hydrogens (tertiary/aromatic N) is 1. The second kappa shape index (κ2) is 9.37. The number of ether oxygens (including phenoxy) is 1. The van der Waals surface area contributed by atoms with Gasteiger partial charge < -0.3 is 20.5 Å². The topological polar surface area (TPSA) is 92.9 Å². The number of rotatable bonds is 5. The molecule has 1 amide bonds. The summed E-state index contributed by atoms with van der Waals surface area (Å²) in [5.74, 6) is -0.714. The second-order valence-corrected chi connectivity index (χ2v) is 5.65. The number of carboxylic acid groups (broad SMARTS) is 1. The molecule has 0 radical (unpaired) electrons. The molecule has 1 aliphatic rings. The van der Waals surface area contributed by atoms with Crippen LogP contribution in [-0.4, -0.2) is 41.2 Å². The smallest absolute Gasteiger partial charge is 0.410 e. The van der Waals surface area contributed by atoms with E-state index in [4.69, 9.17) is 15.6 Å². The van der Waals surface area contributed by atoms with Gasteiger partial charge in [0.1, 0.15) is 12.6 Å². The number of carbonyl (C=O) groups excluding carboxylic acids is 1. The van der Waals surface area contributed by atoms with Gasteiger partial charge >= 0.3 is 12.1 Å². The third-order valence-electron chi connectivity index (χ3n) is 3.98. The van der Waals surface area contributed by atoms with E-state index in [1.807, 2.05) is 30.3 Å². The number of aliphatic carboxylic acids is 1. The lowest BCUT2D eigenvalue weighted by molar-refractivity contribution is -0.139. The molecule has 0 aliphatic carbocycles. The largest absolute Gasteiger partial charge is 0.480 e. The van der Waals surface area contributed by atoms with Crippen molar-refractivity contribution in [2.75, 3.05) is 13.1 Å². The number of halogens is 1. The number of amides is 1. The first-order valence-electron chi connectivity index (χ1n) is 7.50. The minimum Gasteiger partial charge on any atom is -0.480 e. The van der Waals surface area contributed by atoms with E-state index >= 15 is 0 Å². The minimum atomic E-state index is -0.968. The molecular formula is C16H23ClN2O4. The van der Waals surface area contributed by atoms with Gasteiger partial charge in [-0.3, -0.25) is 4.79 Å². The fraction of sp³-hybridized carbons (Fsp3) is 0.500. The maximum Gasteiger partial charge on any atom is 0.410 e. The number of benzene rings is 1. The van der Waals surface area contributed by atoms with Crippen molar-refractivity contribution in [2.45, 2.75) is 31.9 Å². The molecular weight excluding hydrogens is 320 g/mol. The highest BCUT2D eigenvalue weighted by atomic mass is 35.5. The molecule has 1 atom stereocenters. The van der Waals surface area contributed by atoms with Crippen LogP contribution < -0.4 is 5.73 Å². The molecule has 7 heteroatoms. The zero-order valence-corrected chi connectivity index (χ0v) is 13.7. The van der Waals surface area contributed by atoms with E-state index in [2.05, 4.69) is 0 Å². The van der Waals surface area contributed by atoms with Crippen LogP contribution in [0.3, 0.4) is 0 Å². The normalized spacial score (nSPS) is 16.3. The maximum atomic E-state index is 12.0. The highest BCUT2D eigenvalue weighted by molar-refractivity contribution is 5.85. The molecule has 1 aliphatic heterocycles. The second-order valence-electron chi connectivity index (χ2n) is 5.65. The maximum absolute atomic E-state index is 12.0. The molecule has 2 rings (SSSR count). The third-order valence-corrected chi connectivity index (χ3v) is 3.98. The van der Waals surface area contributed by atoms with Crippen LogP contribution in [0.15, 0.2) is 30.3 Å². The number of hydrogen-bond acceptors (Lipinski definition) is 4. The average molecular weight is 343 g/mol. The van der Waals surface area contributed by atoms with Crippen LogP contribution in [0.5, 0.6) is 0 Å². The van der Waals surface area contributed by atoms with Crippen LogP contribution in [0, 0.1) is 5.92 Å². The Kier molecular flexibility index (Phi) is 7.85. The summed E-state index contributed by atoms with van der Waals surface area (Å²) in [5, 5.41) is 8.82. The summed E-state index contributed by atoms with van der Waals surface area (Å²) in [6.45, 7) is 1.44. The van der Waals surface area contributed by atoms with Crippen molar-refractivity contribution in [2.24, 2.45) is 11.7 Å². The van der Waals surface area contributed by atoms with E-state index in [0.717, 1.165) is 18.4 Å². The molecule has 0 bridgehead atoms. The summed E-state index contributed by atoms with van der Waals surface area (Å²) >= 11 is 0. The zero-order valence-electron chi connectivity index (χ0n) is 12.9. The Hall–Kier alpha value is -1.79. The van der Waals surface area contributed by atoms with Crippen molar-refractivity contribution in [3.8, 4) is 0 Å². The lowest BCUT2D eigenvalue weighted by atomic mass is 9.90. The first kappa shape index (κ1) is 19.3. The summed E-state index contributed by atoms with van der Waals surface area (Å²) in [7, 11) is 0. The summed E-state index contributed by atoms with van der Waals surface area (Å²) in [6.07, 6.45) is 1.68. The Balaban J connectivity index is 0.00000264. The molecule has 1 saturated heterocycles. The standard InChI is InChI=1S/C16H22N2O4.ClH/c17-14(15(19)20)10-12-6-8-18(9-7-12)16(21)22-11-13-4-2-1-3-5-13;/h1-5,12,14H,6-11,17H2,(H,19,20);1H. The summed E-state index contributed by atoms with van der Waals surface area (Å²) in [6, 6.07) is 8.72. The molecule has 1 aromatic carbocycles. The van der Waals surface area contributed by atoms with E-state index in [1.165, 1.54) is 0 Å². The molecule has 0 saturated carbocycles. The van der Waals surface area contributed by atoms with Gasteiger partial charge in [0.15, 0.2) is 0 Å². The quantitative estimate of drug-likeness (QED) is 0.856. The molecule has 0 spiro atoms. The average Bonchev–Trinajstić information content (AvgIpc) is 2.54.